The number of carbonyl (C=O) groups excluding carboxylic acids is 2. The van der Waals surface area contributed by atoms with Gasteiger partial charge in [0.05, 0.1) is 18.3 Å². The van der Waals surface area contributed by atoms with Crippen LogP contribution in [0, 0.1) is 5.82 Å². The van der Waals surface area contributed by atoms with Gasteiger partial charge in [-0.1, -0.05) is 0 Å². The lowest BCUT2D eigenvalue weighted by atomic mass is 10.1. The zero-order valence-electron chi connectivity index (χ0n) is 15.1. The summed E-state index contributed by atoms with van der Waals surface area (Å²) in [5, 5.41) is 5.43. The molecule has 1 aromatic rings. The Morgan fingerprint density at radius 1 is 1.35 bits per heavy atom. The number of methoxy groups -OCH3 is 1. The molecule has 2 aliphatic heterocycles. The van der Waals surface area contributed by atoms with E-state index in [-0.39, 0.29) is 23.7 Å². The molecule has 7 nitrogen and oxygen atoms in total. The molecule has 2 amide bonds. The number of halogens is 1. The fraction of sp³-hybridized carbons (Fsp3) is 0.556. The minimum absolute atomic E-state index is 0.194. The van der Waals surface area contributed by atoms with Crippen LogP contribution in [0.1, 0.15) is 12.8 Å². The topological polar surface area (TPSA) is 73.9 Å². The average Bonchev–Trinajstić information content (AvgIpc) is 2.61. The lowest BCUT2D eigenvalue weighted by molar-refractivity contribution is -0.133. The number of nitrogens with one attached hydrogen (secondary N) is 2. The highest BCUT2D eigenvalue weighted by atomic mass is 19.1. The van der Waals surface area contributed by atoms with E-state index >= 15 is 0 Å². The van der Waals surface area contributed by atoms with Crippen LogP contribution in [0.25, 0.3) is 0 Å². The highest BCUT2D eigenvalue weighted by Gasteiger charge is 2.28. The van der Waals surface area contributed by atoms with Gasteiger partial charge in [-0.05, 0) is 31.7 Å². The lowest BCUT2D eigenvalue weighted by Crippen LogP contribution is -2.53. The van der Waals surface area contributed by atoms with Crippen molar-refractivity contribution < 1.29 is 18.7 Å². The summed E-state index contributed by atoms with van der Waals surface area (Å²) in [5.74, 6) is -0.888. The molecular weight excluding hydrogens is 339 g/mol. The van der Waals surface area contributed by atoms with Crippen LogP contribution in [0.5, 0.6) is 0 Å². The number of carbonyl (C=O) groups is 2. The molecule has 142 valence electrons. The number of hydrogen-bond donors (Lipinski definition) is 2. The van der Waals surface area contributed by atoms with E-state index in [1.54, 1.807) is 19.2 Å². The Labute approximate surface area is 152 Å². The molecule has 26 heavy (non-hydrogen) atoms. The first kappa shape index (κ1) is 18.6. The van der Waals surface area contributed by atoms with E-state index in [4.69, 9.17) is 4.74 Å². The van der Waals surface area contributed by atoms with Gasteiger partial charge in [-0.2, -0.15) is 0 Å². The SMILES string of the molecule is COCC1CN(c2cc(NC3CCC(=O)NC3=O)ccc2F)CCN1C. The van der Waals surface area contributed by atoms with E-state index in [2.05, 4.69) is 15.5 Å². The number of amides is 2. The van der Waals surface area contributed by atoms with Gasteiger partial charge in [-0.25, -0.2) is 4.39 Å². The van der Waals surface area contributed by atoms with Crippen molar-refractivity contribution in [1.29, 1.82) is 0 Å². The van der Waals surface area contributed by atoms with E-state index in [0.29, 0.717) is 37.4 Å². The van der Waals surface area contributed by atoms with Crippen LogP contribution in [-0.2, 0) is 14.3 Å². The van der Waals surface area contributed by atoms with Crippen molar-refractivity contribution in [3.05, 3.63) is 24.0 Å². The number of likely N-dealkylation sites (N-methyl/N-ethyl adjacent to an activating group) is 1. The fourth-order valence-electron chi connectivity index (χ4n) is 3.41. The molecule has 1 aromatic carbocycles. The predicted octanol–water partition coefficient (Wildman–Crippen LogP) is 0.810. The molecule has 2 heterocycles. The van der Waals surface area contributed by atoms with Crippen molar-refractivity contribution in [3.8, 4) is 0 Å². The second kappa shape index (κ2) is 8.01. The van der Waals surface area contributed by atoms with E-state index in [0.717, 1.165) is 13.1 Å². The monoisotopic (exact) mass is 364 g/mol. The Balaban J connectivity index is 1.73. The van der Waals surface area contributed by atoms with Gasteiger partial charge in [0.15, 0.2) is 0 Å². The van der Waals surface area contributed by atoms with Crippen molar-refractivity contribution in [3.63, 3.8) is 0 Å². The molecule has 2 atom stereocenters. The molecule has 0 aliphatic carbocycles. The van der Waals surface area contributed by atoms with Gasteiger partial charge >= 0.3 is 0 Å². The Kier molecular flexibility index (Phi) is 5.73. The molecule has 2 unspecified atom stereocenters. The maximum Gasteiger partial charge on any atom is 0.249 e. The molecule has 8 heteroatoms. The standard InChI is InChI=1S/C18H25FN4O3/c1-22-7-8-23(10-13(22)11-26-2)16-9-12(3-4-14(16)19)20-15-5-6-17(24)21-18(15)25/h3-4,9,13,15,20H,5-8,10-11H2,1-2H3,(H,21,24,25). The van der Waals surface area contributed by atoms with Crippen LogP contribution in [-0.4, -0.2) is 69.2 Å². The third kappa shape index (κ3) is 4.13. The highest BCUT2D eigenvalue weighted by Crippen LogP contribution is 2.27. The molecule has 0 saturated carbocycles. The van der Waals surface area contributed by atoms with E-state index < -0.39 is 6.04 Å². The molecule has 0 bridgehead atoms. The van der Waals surface area contributed by atoms with Crippen LogP contribution < -0.4 is 15.5 Å². The summed E-state index contributed by atoms with van der Waals surface area (Å²) >= 11 is 0. The summed E-state index contributed by atoms with van der Waals surface area (Å²) < 4.78 is 19.7. The van der Waals surface area contributed by atoms with Gasteiger partial charge in [0.25, 0.3) is 0 Å². The number of benzene rings is 1. The summed E-state index contributed by atoms with van der Waals surface area (Å²) in [6.07, 6.45) is 0.733. The third-order valence-corrected chi connectivity index (χ3v) is 5.00. The highest BCUT2D eigenvalue weighted by molar-refractivity contribution is 6.01. The summed E-state index contributed by atoms with van der Waals surface area (Å²) in [4.78, 5) is 27.4. The molecule has 0 spiro atoms. The quantitative estimate of drug-likeness (QED) is 0.754. The first-order valence-electron chi connectivity index (χ1n) is 8.82. The van der Waals surface area contributed by atoms with Crippen LogP contribution >= 0.6 is 0 Å². The van der Waals surface area contributed by atoms with Crippen molar-refractivity contribution in [1.82, 2.24) is 10.2 Å². The minimum Gasteiger partial charge on any atom is -0.383 e. The maximum atomic E-state index is 14.4. The second-order valence-electron chi connectivity index (χ2n) is 6.85. The minimum atomic E-state index is -0.486. The number of anilines is 2. The third-order valence-electron chi connectivity index (χ3n) is 5.00. The lowest BCUT2D eigenvalue weighted by Gasteiger charge is -2.40. The average molecular weight is 364 g/mol. The number of imide groups is 1. The van der Waals surface area contributed by atoms with Gasteiger partial charge in [0.1, 0.15) is 11.9 Å². The van der Waals surface area contributed by atoms with Gasteiger partial charge in [0, 0.05) is 38.9 Å². The summed E-state index contributed by atoms with van der Waals surface area (Å²) in [6, 6.07) is 4.46. The summed E-state index contributed by atoms with van der Waals surface area (Å²) in [6.45, 7) is 2.79. The van der Waals surface area contributed by atoms with Gasteiger partial charge < -0.3 is 15.0 Å². The fourth-order valence-corrected chi connectivity index (χ4v) is 3.41. The maximum absolute atomic E-state index is 14.4. The number of piperidine rings is 1. The van der Waals surface area contributed by atoms with E-state index in [1.165, 1.54) is 6.07 Å². The zero-order chi connectivity index (χ0) is 18.7. The molecule has 0 radical (unpaired) electrons. The van der Waals surface area contributed by atoms with Crippen LogP contribution in [0.4, 0.5) is 15.8 Å². The molecule has 3 rings (SSSR count). The smallest absolute Gasteiger partial charge is 0.249 e. The number of hydrogen-bond acceptors (Lipinski definition) is 6. The Hall–Kier alpha value is -2.19. The first-order valence-corrected chi connectivity index (χ1v) is 8.82. The van der Waals surface area contributed by atoms with Crippen molar-refractivity contribution >= 4 is 23.2 Å². The van der Waals surface area contributed by atoms with Crippen LogP contribution in [0.15, 0.2) is 18.2 Å². The second-order valence-corrected chi connectivity index (χ2v) is 6.85. The zero-order valence-corrected chi connectivity index (χ0v) is 15.1. The van der Waals surface area contributed by atoms with Gasteiger partial charge in [-0.3, -0.25) is 19.8 Å². The van der Waals surface area contributed by atoms with Crippen molar-refractivity contribution in [2.45, 2.75) is 24.9 Å². The number of nitrogens with zero attached hydrogens (tertiary/aromatic N) is 2. The molecule has 2 fully saturated rings. The molecule has 2 aliphatic rings. The molecule has 0 aromatic heterocycles. The Bertz CT molecular complexity index is 684. The van der Waals surface area contributed by atoms with E-state index in [9.17, 15) is 14.0 Å². The number of piperazine rings is 1. The number of ether oxygens (including phenoxy) is 1. The largest absolute Gasteiger partial charge is 0.383 e. The Morgan fingerprint density at radius 2 is 2.15 bits per heavy atom. The Morgan fingerprint density at radius 3 is 2.88 bits per heavy atom. The molecule has 2 N–H and O–H groups in total. The normalized spacial score (nSPS) is 24.5. The summed E-state index contributed by atoms with van der Waals surface area (Å²) in [5.41, 5.74) is 1.18. The summed E-state index contributed by atoms with van der Waals surface area (Å²) in [7, 11) is 3.70. The van der Waals surface area contributed by atoms with Crippen LogP contribution in [0.3, 0.4) is 0 Å². The van der Waals surface area contributed by atoms with Crippen molar-refractivity contribution in [2.75, 3.05) is 50.6 Å². The molecular formula is C18H25FN4O3. The van der Waals surface area contributed by atoms with Gasteiger partial charge in [-0.15, -0.1) is 0 Å². The van der Waals surface area contributed by atoms with E-state index in [1.807, 2.05) is 11.9 Å². The van der Waals surface area contributed by atoms with Gasteiger partial charge in [0.2, 0.25) is 11.8 Å². The predicted molar refractivity (Wildman–Crippen MR) is 96.7 cm³/mol. The first-order chi connectivity index (χ1) is 12.5. The number of rotatable bonds is 5. The van der Waals surface area contributed by atoms with Crippen molar-refractivity contribution in [2.24, 2.45) is 0 Å². The molecule has 2 saturated heterocycles. The van der Waals surface area contributed by atoms with Crippen LogP contribution in [0.2, 0.25) is 0 Å².